The molecule has 0 aliphatic carbocycles. The SMILES string of the molecule is C[B]NF. The quantitative estimate of drug-likeness (QED) is 0.335. The Kier molecular flexibility index (Phi) is 2.92. The van der Waals surface area contributed by atoms with Crippen LogP contribution in [-0.2, 0) is 0 Å². The average molecular weight is 59.9 g/mol. The molecule has 0 amide bonds. The van der Waals surface area contributed by atoms with Crippen LogP contribution in [0, 0.1) is 0 Å². The molecule has 0 aromatic carbocycles. The van der Waals surface area contributed by atoms with E-state index in [1.54, 1.807) is 6.82 Å². The van der Waals surface area contributed by atoms with Gasteiger partial charge in [0, 0.05) is 0 Å². The van der Waals surface area contributed by atoms with Crippen molar-refractivity contribution in [3.8, 4) is 0 Å². The smallest absolute Gasteiger partial charge is 0.209 e. The Hall–Kier alpha value is -0.0451. The van der Waals surface area contributed by atoms with Gasteiger partial charge in [0.25, 0.3) is 0 Å². The molecule has 0 aliphatic heterocycles. The molecular formula is CH4BFN. The number of hydrogen-bond acceptors (Lipinski definition) is 1. The van der Waals surface area contributed by atoms with Gasteiger partial charge >= 0.3 is 0 Å². The van der Waals surface area contributed by atoms with Crippen LogP contribution in [0.2, 0.25) is 6.82 Å². The van der Waals surface area contributed by atoms with Crippen molar-refractivity contribution in [3.05, 3.63) is 0 Å². The molecule has 0 fully saturated rings. The van der Waals surface area contributed by atoms with E-state index in [9.17, 15) is 4.48 Å². The highest BCUT2D eigenvalue weighted by molar-refractivity contribution is 6.29. The topological polar surface area (TPSA) is 12.0 Å². The lowest BCUT2D eigenvalue weighted by atomic mass is 10.0. The third-order valence-electron chi connectivity index (χ3n) is 0.109. The van der Waals surface area contributed by atoms with E-state index in [2.05, 4.69) is 0 Å². The Morgan fingerprint density at radius 3 is 2.25 bits per heavy atom. The van der Waals surface area contributed by atoms with Gasteiger partial charge in [0.2, 0.25) is 7.41 Å². The largest absolute Gasteiger partial charge is 0.245 e. The predicted molar refractivity (Wildman–Crippen MR) is 15.9 cm³/mol. The molecule has 0 spiro atoms. The van der Waals surface area contributed by atoms with Gasteiger partial charge in [-0.2, -0.15) is 4.48 Å². The molecule has 0 aromatic rings. The van der Waals surface area contributed by atoms with Crippen molar-refractivity contribution in [1.29, 1.82) is 0 Å². The molecule has 0 heterocycles. The van der Waals surface area contributed by atoms with Crippen LogP contribution >= 0.6 is 0 Å². The van der Waals surface area contributed by atoms with E-state index >= 15 is 0 Å². The fraction of sp³-hybridized carbons (Fsp3) is 1.00. The third kappa shape index (κ3) is 1.95. The van der Waals surface area contributed by atoms with Crippen molar-refractivity contribution < 1.29 is 4.48 Å². The van der Waals surface area contributed by atoms with Crippen LogP contribution in [0.1, 0.15) is 0 Å². The fourth-order valence-corrected chi connectivity index (χ4v) is 0. The van der Waals surface area contributed by atoms with Gasteiger partial charge in [-0.05, 0) is 0 Å². The fourth-order valence-electron chi connectivity index (χ4n) is 0. The average Bonchev–Trinajstić information content (AvgIpc) is 1.37. The molecule has 1 radical (unpaired) electrons. The molecule has 0 rings (SSSR count). The lowest BCUT2D eigenvalue weighted by Gasteiger charge is -1.66. The minimum Gasteiger partial charge on any atom is -0.209 e. The first kappa shape index (κ1) is 3.95. The van der Waals surface area contributed by atoms with Crippen LogP contribution in [0.25, 0.3) is 0 Å². The van der Waals surface area contributed by atoms with Gasteiger partial charge in [0.05, 0.1) is 0 Å². The molecule has 0 saturated heterocycles. The Morgan fingerprint density at radius 1 is 2.00 bits per heavy atom. The first-order chi connectivity index (χ1) is 1.91. The molecule has 3 heteroatoms. The van der Waals surface area contributed by atoms with Gasteiger partial charge in [-0.25, -0.2) is 5.45 Å². The number of halogens is 1. The molecule has 1 nitrogen and oxygen atoms in total. The lowest BCUT2D eigenvalue weighted by molar-refractivity contribution is 0.449. The van der Waals surface area contributed by atoms with Crippen LogP contribution in [0.4, 0.5) is 4.48 Å². The summed E-state index contributed by atoms with van der Waals surface area (Å²) in [5, 5.41) is 0. The lowest BCUT2D eigenvalue weighted by Crippen LogP contribution is -1.99. The first-order valence-corrected chi connectivity index (χ1v) is 1.06. The van der Waals surface area contributed by atoms with Crippen molar-refractivity contribution in [2.24, 2.45) is 0 Å². The van der Waals surface area contributed by atoms with Gasteiger partial charge in [-0.3, -0.25) is 0 Å². The van der Waals surface area contributed by atoms with Gasteiger partial charge in [-0.1, -0.05) is 6.82 Å². The summed E-state index contributed by atoms with van der Waals surface area (Å²) in [6.45, 7) is 1.57. The molecule has 0 saturated carbocycles. The summed E-state index contributed by atoms with van der Waals surface area (Å²) in [6, 6.07) is 0. The molecule has 0 aliphatic rings. The molecule has 0 atom stereocenters. The summed E-state index contributed by atoms with van der Waals surface area (Å²) >= 11 is 0. The standard InChI is InChI=1S/CH4BFN/c1-2-4-3/h4H,1H3. The van der Waals surface area contributed by atoms with Crippen molar-refractivity contribution in [2.45, 2.75) is 6.82 Å². The highest BCUT2D eigenvalue weighted by atomic mass is 19.2. The van der Waals surface area contributed by atoms with Crippen molar-refractivity contribution in [1.82, 2.24) is 5.45 Å². The van der Waals surface area contributed by atoms with Gasteiger partial charge in [0.15, 0.2) is 0 Å². The summed E-state index contributed by atoms with van der Waals surface area (Å²) in [4.78, 5) is 0. The van der Waals surface area contributed by atoms with E-state index in [-0.39, 0.29) is 0 Å². The highest BCUT2D eigenvalue weighted by Gasteiger charge is 1.62. The van der Waals surface area contributed by atoms with Crippen LogP contribution in [0.15, 0.2) is 0 Å². The summed E-state index contributed by atoms with van der Waals surface area (Å²) in [6.07, 6.45) is 0. The highest BCUT2D eigenvalue weighted by Crippen LogP contribution is 1.40. The number of rotatable bonds is 1. The second-order valence-electron chi connectivity index (χ2n) is 0.398. The summed E-state index contributed by atoms with van der Waals surface area (Å²) in [7, 11) is 1.21. The van der Waals surface area contributed by atoms with E-state index < -0.39 is 0 Å². The molecule has 0 bridgehead atoms. The van der Waals surface area contributed by atoms with E-state index in [0.717, 1.165) is 0 Å². The van der Waals surface area contributed by atoms with Crippen molar-refractivity contribution in [3.63, 3.8) is 0 Å². The van der Waals surface area contributed by atoms with E-state index in [4.69, 9.17) is 0 Å². The van der Waals surface area contributed by atoms with E-state index in [1.807, 2.05) is 0 Å². The Labute approximate surface area is 25.4 Å². The monoisotopic (exact) mass is 60.0 g/mol. The summed E-state index contributed by atoms with van der Waals surface area (Å²) < 4.78 is 10.4. The van der Waals surface area contributed by atoms with Crippen molar-refractivity contribution >= 4 is 7.41 Å². The minimum absolute atomic E-state index is 1.21. The Balaban J connectivity index is 1.97. The number of nitrogens with one attached hydrogen (secondary N) is 1. The molecule has 23 valence electrons. The molecule has 4 heavy (non-hydrogen) atoms. The molecule has 1 N–H and O–H groups in total. The minimum atomic E-state index is 1.21. The molecule has 0 unspecified atom stereocenters. The van der Waals surface area contributed by atoms with Crippen LogP contribution in [0.5, 0.6) is 0 Å². The Bertz CT molecular complexity index is 10.0. The summed E-state index contributed by atoms with van der Waals surface area (Å²) in [5.41, 5.74) is 1.31. The van der Waals surface area contributed by atoms with Crippen LogP contribution in [-0.4, -0.2) is 7.41 Å². The first-order valence-electron chi connectivity index (χ1n) is 1.06. The van der Waals surface area contributed by atoms with Crippen LogP contribution < -0.4 is 5.45 Å². The van der Waals surface area contributed by atoms with Gasteiger partial charge in [-0.15, -0.1) is 0 Å². The zero-order chi connectivity index (χ0) is 3.41. The van der Waals surface area contributed by atoms with Crippen molar-refractivity contribution in [2.75, 3.05) is 0 Å². The maximum Gasteiger partial charge on any atom is 0.245 e. The van der Waals surface area contributed by atoms with Gasteiger partial charge in [0.1, 0.15) is 0 Å². The normalized spacial score (nSPS) is 6.50. The third-order valence-corrected chi connectivity index (χ3v) is 0.109. The molecular weight excluding hydrogens is 55.8 g/mol. The second-order valence-corrected chi connectivity index (χ2v) is 0.398. The maximum atomic E-state index is 10.4. The maximum absolute atomic E-state index is 10.4. The van der Waals surface area contributed by atoms with Gasteiger partial charge < -0.3 is 0 Å². The van der Waals surface area contributed by atoms with Crippen LogP contribution in [0.3, 0.4) is 0 Å². The Morgan fingerprint density at radius 2 is 2.25 bits per heavy atom. The predicted octanol–water partition coefficient (Wildman–Crippen LogP) is 0.128. The van der Waals surface area contributed by atoms with E-state index in [1.165, 1.54) is 12.9 Å². The summed E-state index contributed by atoms with van der Waals surface area (Å²) in [5.74, 6) is 0. The molecule has 0 aromatic heterocycles. The zero-order valence-corrected chi connectivity index (χ0v) is 2.46. The van der Waals surface area contributed by atoms with E-state index in [0.29, 0.717) is 0 Å². The zero-order valence-electron chi connectivity index (χ0n) is 2.46. The number of hydrogen-bond donors (Lipinski definition) is 1. The second kappa shape index (κ2) is 2.95.